The Hall–Kier alpha value is -2.87. The van der Waals surface area contributed by atoms with Gasteiger partial charge in [0.2, 0.25) is 15.9 Å². The first-order valence-corrected chi connectivity index (χ1v) is 10.5. The van der Waals surface area contributed by atoms with E-state index in [0.29, 0.717) is 17.0 Å². The van der Waals surface area contributed by atoms with Crippen molar-refractivity contribution in [3.8, 4) is 5.75 Å². The molecule has 1 saturated heterocycles. The first kappa shape index (κ1) is 19.9. The third kappa shape index (κ3) is 4.01. The minimum atomic E-state index is -3.67. The first-order chi connectivity index (χ1) is 13.2. The lowest BCUT2D eigenvalue weighted by atomic mass is 10.1. The lowest BCUT2D eigenvalue weighted by Crippen LogP contribution is -2.30. The van der Waals surface area contributed by atoms with Gasteiger partial charge in [0, 0.05) is 5.56 Å². The van der Waals surface area contributed by atoms with Crippen molar-refractivity contribution in [1.29, 1.82) is 0 Å². The molecule has 1 fully saturated rings. The Balaban J connectivity index is 1.79. The molecule has 0 bridgehead atoms. The minimum Gasteiger partial charge on any atom is -0.489 e. The molecule has 7 nitrogen and oxygen atoms in total. The van der Waals surface area contributed by atoms with E-state index in [0.717, 1.165) is 4.31 Å². The molecule has 28 heavy (non-hydrogen) atoms. The highest BCUT2D eigenvalue weighted by Crippen LogP contribution is 2.29. The SMILES string of the molecule is CC(C)Oc1ccccc1NC(=O)c1ccc(N2C(=O)[C@@H](C)CS2(=O)=O)cc1. The van der Waals surface area contributed by atoms with Crippen molar-refractivity contribution in [3.63, 3.8) is 0 Å². The van der Waals surface area contributed by atoms with Gasteiger partial charge in [-0.05, 0) is 50.2 Å². The normalized spacial score (nSPS) is 18.4. The first-order valence-electron chi connectivity index (χ1n) is 8.93. The molecule has 0 spiro atoms. The molecule has 2 amide bonds. The topological polar surface area (TPSA) is 92.8 Å². The Morgan fingerprint density at radius 1 is 1.14 bits per heavy atom. The summed E-state index contributed by atoms with van der Waals surface area (Å²) < 4.78 is 30.9. The molecular weight excluding hydrogens is 380 g/mol. The molecular formula is C20H22N2O5S. The van der Waals surface area contributed by atoms with E-state index in [2.05, 4.69) is 5.32 Å². The van der Waals surface area contributed by atoms with Gasteiger partial charge in [0.25, 0.3) is 5.91 Å². The van der Waals surface area contributed by atoms with E-state index < -0.39 is 21.8 Å². The summed E-state index contributed by atoms with van der Waals surface area (Å²) in [5.74, 6) is -1.05. The summed E-state index contributed by atoms with van der Waals surface area (Å²) in [6.07, 6.45) is -0.0420. The number of nitrogens with one attached hydrogen (secondary N) is 1. The van der Waals surface area contributed by atoms with E-state index in [-0.39, 0.29) is 23.5 Å². The van der Waals surface area contributed by atoms with Crippen LogP contribution < -0.4 is 14.4 Å². The monoisotopic (exact) mass is 402 g/mol. The third-order valence-electron chi connectivity index (χ3n) is 4.22. The smallest absolute Gasteiger partial charge is 0.255 e. The fraction of sp³-hybridized carbons (Fsp3) is 0.300. The maximum atomic E-state index is 12.6. The van der Waals surface area contributed by atoms with E-state index in [9.17, 15) is 18.0 Å². The van der Waals surface area contributed by atoms with Crippen molar-refractivity contribution in [1.82, 2.24) is 0 Å². The zero-order valence-electron chi connectivity index (χ0n) is 15.9. The van der Waals surface area contributed by atoms with Gasteiger partial charge in [0.05, 0.1) is 29.1 Å². The largest absolute Gasteiger partial charge is 0.489 e. The predicted molar refractivity (Wildman–Crippen MR) is 107 cm³/mol. The number of benzene rings is 2. The quantitative estimate of drug-likeness (QED) is 0.830. The van der Waals surface area contributed by atoms with Crippen LogP contribution in [0.15, 0.2) is 48.5 Å². The van der Waals surface area contributed by atoms with Gasteiger partial charge in [0.1, 0.15) is 5.75 Å². The van der Waals surface area contributed by atoms with Gasteiger partial charge >= 0.3 is 0 Å². The highest BCUT2D eigenvalue weighted by Gasteiger charge is 2.41. The zero-order valence-corrected chi connectivity index (χ0v) is 16.7. The Morgan fingerprint density at radius 3 is 2.36 bits per heavy atom. The second-order valence-electron chi connectivity index (χ2n) is 6.95. The van der Waals surface area contributed by atoms with Crippen LogP contribution in [0.5, 0.6) is 5.75 Å². The number of amides is 2. The van der Waals surface area contributed by atoms with Gasteiger partial charge < -0.3 is 10.1 Å². The second-order valence-corrected chi connectivity index (χ2v) is 8.81. The summed E-state index contributed by atoms with van der Waals surface area (Å²) in [5.41, 5.74) is 1.10. The number of rotatable bonds is 5. The fourth-order valence-electron chi connectivity index (χ4n) is 2.96. The Labute approximate surface area is 164 Å². The molecule has 3 rings (SSSR count). The second kappa shape index (κ2) is 7.63. The van der Waals surface area contributed by atoms with E-state index in [1.54, 1.807) is 25.1 Å². The van der Waals surface area contributed by atoms with Crippen molar-refractivity contribution >= 4 is 33.2 Å². The summed E-state index contributed by atoms with van der Waals surface area (Å²) in [6, 6.07) is 13.0. The van der Waals surface area contributed by atoms with Crippen molar-refractivity contribution < 1.29 is 22.7 Å². The van der Waals surface area contributed by atoms with E-state index >= 15 is 0 Å². The van der Waals surface area contributed by atoms with Gasteiger partial charge in [-0.2, -0.15) is 0 Å². The van der Waals surface area contributed by atoms with Gasteiger partial charge in [-0.3, -0.25) is 9.59 Å². The number of carbonyl (C=O) groups excluding carboxylic acids is 2. The fourth-order valence-corrected chi connectivity index (χ4v) is 4.78. The highest BCUT2D eigenvalue weighted by molar-refractivity contribution is 7.94. The third-order valence-corrected chi connectivity index (χ3v) is 6.09. The number of ether oxygens (including phenoxy) is 1. The number of sulfonamides is 1. The molecule has 0 saturated carbocycles. The molecule has 2 aromatic rings. The molecule has 0 unspecified atom stereocenters. The number of para-hydroxylation sites is 2. The number of hydrogen-bond acceptors (Lipinski definition) is 5. The standard InChI is InChI=1S/C20H22N2O5S/c1-13(2)27-18-7-5-4-6-17(18)21-19(23)15-8-10-16(11-9-15)22-20(24)14(3)12-28(22,25)26/h4-11,13-14H,12H2,1-3H3,(H,21,23)/t14-/m0/s1. The van der Waals surface area contributed by atoms with Gasteiger partial charge in [-0.15, -0.1) is 0 Å². The number of carbonyl (C=O) groups is 2. The lowest BCUT2D eigenvalue weighted by Gasteiger charge is -2.16. The van der Waals surface area contributed by atoms with Crippen molar-refractivity contribution in [2.45, 2.75) is 26.9 Å². The molecule has 1 aliphatic rings. The number of anilines is 2. The lowest BCUT2D eigenvalue weighted by molar-refractivity contribution is -0.119. The van der Waals surface area contributed by atoms with Crippen molar-refractivity contribution in [2.24, 2.45) is 5.92 Å². The predicted octanol–water partition coefficient (Wildman–Crippen LogP) is 3.04. The van der Waals surface area contributed by atoms with Gasteiger partial charge in [-0.25, -0.2) is 12.7 Å². The molecule has 1 heterocycles. The number of nitrogens with zero attached hydrogens (tertiary/aromatic N) is 1. The summed E-state index contributed by atoms with van der Waals surface area (Å²) in [6.45, 7) is 5.37. The summed E-state index contributed by atoms with van der Waals surface area (Å²) in [5, 5.41) is 2.79. The average molecular weight is 402 g/mol. The molecule has 0 radical (unpaired) electrons. The molecule has 1 aliphatic heterocycles. The molecule has 148 valence electrons. The van der Waals surface area contributed by atoms with Crippen LogP contribution in [-0.4, -0.2) is 32.1 Å². The molecule has 2 aromatic carbocycles. The van der Waals surface area contributed by atoms with Gasteiger partial charge in [0.15, 0.2) is 0 Å². The molecule has 1 N–H and O–H groups in total. The summed E-state index contributed by atoms with van der Waals surface area (Å²) in [4.78, 5) is 24.7. The Morgan fingerprint density at radius 2 is 1.79 bits per heavy atom. The van der Waals surface area contributed by atoms with Crippen LogP contribution in [0.1, 0.15) is 31.1 Å². The van der Waals surface area contributed by atoms with Crippen LogP contribution in [0.2, 0.25) is 0 Å². The van der Waals surface area contributed by atoms with E-state index in [1.807, 2.05) is 19.9 Å². The Bertz CT molecular complexity index is 1000. The van der Waals surface area contributed by atoms with Crippen LogP contribution in [0.4, 0.5) is 11.4 Å². The average Bonchev–Trinajstić information content (AvgIpc) is 2.83. The molecule has 0 aliphatic carbocycles. The van der Waals surface area contributed by atoms with Crippen molar-refractivity contribution in [2.75, 3.05) is 15.4 Å². The van der Waals surface area contributed by atoms with Gasteiger partial charge in [-0.1, -0.05) is 19.1 Å². The molecule has 8 heteroatoms. The zero-order chi connectivity index (χ0) is 20.5. The molecule has 1 atom stereocenters. The van der Waals surface area contributed by atoms with Crippen LogP contribution in [-0.2, 0) is 14.8 Å². The van der Waals surface area contributed by atoms with Crippen LogP contribution in [0.25, 0.3) is 0 Å². The maximum Gasteiger partial charge on any atom is 0.255 e. The number of hydrogen-bond donors (Lipinski definition) is 1. The summed E-state index contributed by atoms with van der Waals surface area (Å²) in [7, 11) is -3.67. The van der Waals surface area contributed by atoms with Crippen LogP contribution in [0.3, 0.4) is 0 Å². The van der Waals surface area contributed by atoms with E-state index in [1.165, 1.54) is 24.3 Å². The molecule has 0 aromatic heterocycles. The van der Waals surface area contributed by atoms with Crippen LogP contribution in [0, 0.1) is 5.92 Å². The van der Waals surface area contributed by atoms with E-state index in [4.69, 9.17) is 4.74 Å². The Kier molecular flexibility index (Phi) is 5.42. The van der Waals surface area contributed by atoms with Crippen LogP contribution >= 0.6 is 0 Å². The highest BCUT2D eigenvalue weighted by atomic mass is 32.2. The van der Waals surface area contributed by atoms with Crippen molar-refractivity contribution in [3.05, 3.63) is 54.1 Å². The minimum absolute atomic E-state index is 0.0420. The maximum absolute atomic E-state index is 12.6. The summed E-state index contributed by atoms with van der Waals surface area (Å²) >= 11 is 0.